The van der Waals surface area contributed by atoms with E-state index in [-0.39, 0.29) is 18.6 Å². The van der Waals surface area contributed by atoms with Gasteiger partial charge in [-0.15, -0.1) is 0 Å². The quantitative estimate of drug-likeness (QED) is 0.0637. The normalized spacial score (nSPS) is 12.3. The molecule has 0 fully saturated rings. The highest BCUT2D eigenvalue weighted by Gasteiger charge is 2.63. The lowest BCUT2D eigenvalue weighted by Gasteiger charge is -2.59. The minimum atomic E-state index is -1.56. The summed E-state index contributed by atoms with van der Waals surface area (Å²) in [5, 5.41) is 0. The molecule has 0 N–H and O–H groups in total. The summed E-state index contributed by atoms with van der Waals surface area (Å²) < 4.78 is 16.9. The maximum absolute atomic E-state index is 12.9. The largest absolute Gasteiger partial charge is 0.492 e. The fraction of sp³-hybridized carbons (Fsp3) is 0.435. The average Bonchev–Trinajstić information content (AvgIpc) is 0.857. The summed E-state index contributed by atoms with van der Waals surface area (Å²) >= 11 is 0. The van der Waals surface area contributed by atoms with Crippen LogP contribution in [0.15, 0.2) is 30.3 Å². The second kappa shape index (κ2) is 40.3. The lowest BCUT2D eigenvalue weighted by molar-refractivity contribution is -0.120. The van der Waals surface area contributed by atoms with Gasteiger partial charge in [-0.25, -0.2) is 0 Å². The Morgan fingerprint density at radius 2 is 0.813 bits per heavy atom. The highest BCUT2D eigenvalue weighted by atomic mass is 16.7. The van der Waals surface area contributed by atoms with Crippen molar-refractivity contribution < 1.29 is 19.0 Å². The third kappa shape index (κ3) is 22.5. The number of hydrogen-bond donors (Lipinski definition) is 0. The summed E-state index contributed by atoms with van der Waals surface area (Å²) in [6.45, 7) is 3.22. The molecule has 4 rings (SSSR count). The van der Waals surface area contributed by atoms with E-state index in [0.29, 0.717) is 24.3 Å². The Morgan fingerprint density at radius 1 is 0.495 bits per heavy atom. The number of carbonyl (C=O) groups excluding carboxylic acids is 1. The third-order valence-electron chi connectivity index (χ3n) is 19.0. The molecule has 5 nitrogen and oxygen atoms in total. The molecule has 0 saturated carbocycles. The van der Waals surface area contributed by atoms with E-state index < -0.39 is 192 Å². The molecule has 0 aromatic heterocycles. The number of fused-ring (bicyclic) bond motifs is 2. The zero-order valence-corrected chi connectivity index (χ0v) is 53.2. The van der Waals surface area contributed by atoms with Gasteiger partial charge in [-0.05, 0) is 49.6 Å². The van der Waals surface area contributed by atoms with E-state index in [1.165, 1.54) is 16.7 Å². The van der Waals surface area contributed by atoms with Crippen molar-refractivity contribution in [2.45, 2.75) is 38.6 Å². The SMILES string of the molecule is COc1c2c(cc3c1C(CC(=O)CCc1ccccc1C)N(C)CC3)OCO2.[B][B]B([B])B(B([B])[B])B(B(B([B])[B])B([B])[B])B(B(B(B([B])[B])B([B])[B])B(B([B])[B])B([B])[B])B(B(B(B([B])[B])B([B])[B])B(B([B])[B])B([B])[B])B(B(B([B])[B])B([B])[B])B(B([B])[B])B([B])[B]. The first-order valence-electron chi connectivity index (χ1n) is 30.5. The van der Waals surface area contributed by atoms with Crippen molar-refractivity contribution in [1.29, 1.82) is 0 Å². The van der Waals surface area contributed by atoms with E-state index in [9.17, 15) is 4.79 Å². The van der Waals surface area contributed by atoms with Crippen molar-refractivity contribution in [3.8, 4) is 17.2 Å². The number of likely N-dealkylation sites (N-methyl/N-ethyl adjacent to an activating group) is 1. The first-order chi connectivity index (χ1) is 42.3. The molecule has 91 heavy (non-hydrogen) atoms. The minimum absolute atomic E-state index is 0.00225. The molecule has 1 unspecified atom stereocenters. The highest BCUT2D eigenvalue weighted by molar-refractivity contribution is 8.38. The molecule has 0 spiro atoms. The Kier molecular flexibility index (Phi) is 38.4. The Morgan fingerprint density at radius 3 is 1.12 bits per heavy atom. The molecule has 2 heterocycles. The monoisotopic (exact) mass is 1070 g/mol. The van der Waals surface area contributed by atoms with Gasteiger partial charge in [-0.2, -0.15) is 0 Å². The van der Waals surface area contributed by atoms with Gasteiger partial charge in [-0.3, -0.25) is 9.69 Å². The molecule has 2 aliphatic rings. The minimum Gasteiger partial charge on any atom is -0.492 e. The van der Waals surface area contributed by atoms with Crippen LogP contribution in [0.4, 0.5) is 0 Å². The number of aryl methyl sites for hydroxylation is 2. The van der Waals surface area contributed by atoms with Gasteiger partial charge in [0, 0.05) is 477 Å². The van der Waals surface area contributed by atoms with Crippen LogP contribution in [0, 0.1) is 6.92 Å². The van der Waals surface area contributed by atoms with Crippen molar-refractivity contribution in [1.82, 2.24) is 4.90 Å². The van der Waals surface area contributed by atoms with E-state index in [0.717, 1.165) is 37.8 Å². The van der Waals surface area contributed by atoms with Gasteiger partial charge >= 0.3 is 0 Å². The number of methoxy groups -OCH3 is 1. The van der Waals surface area contributed by atoms with Gasteiger partial charge in [0.2, 0.25) is 12.5 Å². The van der Waals surface area contributed by atoms with Gasteiger partial charge in [0.05, 0.1) is 7.11 Å². The molecule has 2 aromatic carbocycles. The molecule has 65 radical (unpaired) electrons. The molecule has 1 atom stereocenters. The van der Waals surface area contributed by atoms with Gasteiger partial charge in [0.15, 0.2) is 11.5 Å². The van der Waals surface area contributed by atoms with Crippen LogP contribution in [0.1, 0.15) is 41.1 Å². The van der Waals surface area contributed by atoms with Crippen molar-refractivity contribution in [2.24, 2.45) is 0 Å². The maximum Gasteiger partial charge on any atom is 0.231 e. The predicted octanol–water partition coefficient (Wildman–Crippen LogP) is -20.1. The molecule has 0 bridgehead atoms. The number of nitrogens with zero attached hydrogens (tertiary/aromatic N) is 1. The van der Waals surface area contributed by atoms with Crippen LogP contribution < -0.4 is 14.2 Å². The fourth-order valence-electron chi connectivity index (χ4n) is 15.2. The number of ether oxygens (including phenoxy) is 3. The summed E-state index contributed by atoms with van der Waals surface area (Å²) in [6, 6.07) is 10.3. The Balaban J connectivity index is 0.000000629. The number of rotatable bonds is 36. The van der Waals surface area contributed by atoms with Crippen molar-refractivity contribution in [3.63, 3.8) is 0 Å². The highest BCUT2D eigenvalue weighted by Crippen LogP contribution is 2.50. The van der Waals surface area contributed by atoms with E-state index in [4.69, 9.17) is 262 Å². The second-order valence-corrected chi connectivity index (χ2v) is 25.1. The number of carbonyl (C=O) groups is 1. The number of benzene rings is 2. The van der Waals surface area contributed by atoms with Crippen molar-refractivity contribution in [3.05, 3.63) is 52.6 Å². The molecule has 0 saturated heterocycles. The van der Waals surface area contributed by atoms with Crippen molar-refractivity contribution >= 4 is 452 Å². The van der Waals surface area contributed by atoms with Crippen molar-refractivity contribution in [2.75, 3.05) is 27.5 Å². The first-order valence-corrected chi connectivity index (χ1v) is 30.5. The molecule has 0 aliphatic carbocycles. The molecule has 0 amide bonds. The molecule has 337 valence electrons. The van der Waals surface area contributed by atoms with E-state index >= 15 is 0 Å². The number of hydrogen-bond acceptors (Lipinski definition) is 5. The summed E-state index contributed by atoms with van der Waals surface area (Å²) in [4.78, 5) is 15.1. The predicted molar refractivity (Wildman–Crippen MR) is 470 cm³/mol. The van der Waals surface area contributed by atoms with Gasteiger partial charge in [0.25, 0.3) is 0 Å². The molecule has 2 aliphatic heterocycles. The van der Waals surface area contributed by atoms with E-state index in [2.05, 4.69) is 37.1 Å². The summed E-state index contributed by atoms with van der Waals surface area (Å²) in [7, 11) is 217. The summed E-state index contributed by atoms with van der Waals surface area (Å²) in [5.41, 5.74) is 4.75. The van der Waals surface area contributed by atoms with Crippen LogP contribution >= 0.6 is 0 Å². The van der Waals surface area contributed by atoms with E-state index in [1.54, 1.807) is 7.11 Å². The van der Waals surface area contributed by atoms with Crippen LogP contribution in [0.25, 0.3) is 0 Å². The molecular formula is C23H27B63NO4. The molecule has 68 heteroatoms. The lowest BCUT2D eigenvalue weighted by atomic mass is 8.22. The zero-order chi connectivity index (χ0) is 69.7. The average molecular weight is 1060 g/mol. The number of ketones is 1. The Hall–Kier alpha value is 1.56. The van der Waals surface area contributed by atoms with Crippen LogP contribution in [0.3, 0.4) is 0 Å². The Labute approximate surface area is 606 Å². The topological polar surface area (TPSA) is 48.0 Å². The third-order valence-corrected chi connectivity index (χ3v) is 19.0. The molecule has 2 aromatic rings. The second-order valence-electron chi connectivity index (χ2n) is 25.1. The summed E-state index contributed by atoms with van der Waals surface area (Å²) in [5.74, 6) is 2.39. The lowest BCUT2D eigenvalue weighted by Crippen LogP contribution is -2.97. The fourth-order valence-corrected chi connectivity index (χ4v) is 15.2. The standard InChI is InChI=1S/C23H27NO4.B63/c1-15-6-4-5-7-16(15)8-9-18(25)13-19-21-17(10-11-24(19)2)12-20-22(23(21)26-3)28-14-27-20;1-33-49(32)57(48(30)31)61(56(46(26)27)47(28)29)63(60(54(42(18)19)43(20)21)55(44(22)23)45(24)25)62(58(50(34(2)3)35(4)5)51(36(6)7)37(8)9)59(52(38(10)11)39(12)13)53(40(14)15)41(16)17/h4-7,12,19H,8-11,13-14H2,1-3H3;. The first kappa shape index (κ1) is 86.8. The van der Waals surface area contributed by atoms with Gasteiger partial charge < -0.3 is 14.2 Å². The molecular weight excluding hydrogens is 1040 g/mol. The van der Waals surface area contributed by atoms with Crippen LogP contribution in [0.2, 0.25) is 0 Å². The maximum atomic E-state index is 12.9. The van der Waals surface area contributed by atoms with E-state index in [1.807, 2.05) is 12.1 Å². The smallest absolute Gasteiger partial charge is 0.231 e. The zero-order valence-electron chi connectivity index (χ0n) is 53.2. The number of Topliss-reactive ketones (excluding diaryl/α,β-unsaturated/α-hetero) is 1. The Bertz CT molecular complexity index is 2290. The van der Waals surface area contributed by atoms with Gasteiger partial charge in [-0.1, -0.05) is 24.3 Å². The summed E-state index contributed by atoms with van der Waals surface area (Å²) in [6.07, 6.45) is -40.8. The van der Waals surface area contributed by atoms with Gasteiger partial charge in [0.1, 0.15) is 5.78 Å². The van der Waals surface area contributed by atoms with Crippen LogP contribution in [0.5, 0.6) is 17.2 Å². The van der Waals surface area contributed by atoms with Crippen LogP contribution in [-0.2, 0) is 17.6 Å². The van der Waals surface area contributed by atoms with Crippen LogP contribution in [-0.4, -0.2) is 484 Å².